The number of phenolic OH excluding ortho intramolecular Hbond substituents is 2. The van der Waals surface area contributed by atoms with Crippen molar-refractivity contribution in [1.82, 2.24) is 0 Å². The van der Waals surface area contributed by atoms with E-state index in [0.29, 0.717) is 0 Å². The maximum atomic E-state index is 12.2. The van der Waals surface area contributed by atoms with Crippen LogP contribution in [0.3, 0.4) is 0 Å². The molecule has 1 aliphatic rings. The van der Waals surface area contributed by atoms with Crippen molar-refractivity contribution in [3.05, 3.63) is 47.5 Å². The summed E-state index contributed by atoms with van der Waals surface area (Å²) in [6.45, 7) is -0.555. The van der Waals surface area contributed by atoms with Crippen molar-refractivity contribution in [2.45, 2.75) is 30.7 Å². The molecule has 0 aromatic heterocycles. The van der Waals surface area contributed by atoms with Gasteiger partial charge in [0.2, 0.25) is 6.29 Å². The molecule has 5 atom stereocenters. The summed E-state index contributed by atoms with van der Waals surface area (Å²) >= 11 is 0. The zero-order chi connectivity index (χ0) is 24.3. The quantitative estimate of drug-likeness (QED) is 0.234. The molecule has 1 heterocycles. The smallest absolute Gasteiger partial charge is 0.338 e. The Morgan fingerprint density at radius 1 is 0.909 bits per heavy atom. The van der Waals surface area contributed by atoms with Gasteiger partial charge in [-0.15, -0.1) is 0 Å². The Balaban J connectivity index is 1.71. The summed E-state index contributed by atoms with van der Waals surface area (Å²) in [5.74, 6) is -3.07. The van der Waals surface area contributed by atoms with Gasteiger partial charge in [0.1, 0.15) is 31.0 Å². The maximum Gasteiger partial charge on any atom is 0.338 e. The average molecular weight is 466 g/mol. The van der Waals surface area contributed by atoms with Crippen LogP contribution < -0.4 is 9.47 Å². The number of carbonyl (C=O) groups excluding carboxylic acids is 1. The Morgan fingerprint density at radius 2 is 1.61 bits per heavy atom. The van der Waals surface area contributed by atoms with E-state index >= 15 is 0 Å². The first-order valence-corrected chi connectivity index (χ1v) is 9.59. The average Bonchev–Trinajstić information content (AvgIpc) is 2.80. The summed E-state index contributed by atoms with van der Waals surface area (Å²) < 4.78 is 21.1. The molecule has 2 aromatic carbocycles. The molecule has 0 bridgehead atoms. The number of phenols is 2. The number of hydrogen-bond acceptors (Lipinski definition) is 11. The monoisotopic (exact) mass is 466 g/mol. The molecule has 0 radical (unpaired) electrons. The molecule has 0 aliphatic carbocycles. The minimum absolute atomic E-state index is 0.00884. The lowest BCUT2D eigenvalue weighted by Gasteiger charge is -2.40. The fraction of sp³-hybridized carbons (Fsp3) is 0.333. The van der Waals surface area contributed by atoms with Crippen LogP contribution in [0.5, 0.6) is 23.0 Å². The van der Waals surface area contributed by atoms with Gasteiger partial charge >= 0.3 is 11.9 Å². The standard InChI is InChI=1S/C21H22O12/c1-30-14-7-9(19(27)28)3-5-13(14)32-21-18(26)17(25)16(24)15(33-21)8-31-20(29)10-2-4-11(22)12(23)6-10/h2-7,15-18,21-26H,8H2,1H3,(H,27,28). The molecule has 12 nitrogen and oxygen atoms in total. The first kappa shape index (κ1) is 24.1. The number of carboxylic acid groups (broad SMARTS) is 1. The van der Waals surface area contributed by atoms with Crippen LogP contribution in [-0.2, 0) is 9.47 Å². The Morgan fingerprint density at radius 3 is 2.24 bits per heavy atom. The number of methoxy groups -OCH3 is 1. The first-order chi connectivity index (χ1) is 15.6. The number of carbonyl (C=O) groups is 2. The highest BCUT2D eigenvalue weighted by atomic mass is 16.7. The van der Waals surface area contributed by atoms with E-state index in [4.69, 9.17) is 24.1 Å². The molecule has 12 heteroatoms. The Kier molecular flexibility index (Phi) is 7.23. The largest absolute Gasteiger partial charge is 0.504 e. The summed E-state index contributed by atoms with van der Waals surface area (Å²) in [7, 11) is 1.27. The highest BCUT2D eigenvalue weighted by molar-refractivity contribution is 5.90. The summed E-state index contributed by atoms with van der Waals surface area (Å²) in [6.07, 6.45) is -7.92. The molecule has 3 rings (SSSR count). The van der Waals surface area contributed by atoms with Crippen molar-refractivity contribution in [2.24, 2.45) is 0 Å². The van der Waals surface area contributed by atoms with E-state index in [2.05, 4.69) is 0 Å². The van der Waals surface area contributed by atoms with Gasteiger partial charge in [-0.05, 0) is 36.4 Å². The van der Waals surface area contributed by atoms with Gasteiger partial charge in [0.05, 0.1) is 18.2 Å². The highest BCUT2D eigenvalue weighted by Crippen LogP contribution is 2.32. The van der Waals surface area contributed by atoms with E-state index in [1.54, 1.807) is 0 Å². The third-order valence-electron chi connectivity index (χ3n) is 4.91. The second kappa shape index (κ2) is 9.92. The van der Waals surface area contributed by atoms with Crippen molar-refractivity contribution >= 4 is 11.9 Å². The minimum Gasteiger partial charge on any atom is -0.504 e. The maximum absolute atomic E-state index is 12.2. The molecule has 0 saturated carbocycles. The molecule has 0 spiro atoms. The number of aliphatic hydroxyl groups is 3. The zero-order valence-electron chi connectivity index (χ0n) is 17.2. The van der Waals surface area contributed by atoms with E-state index in [9.17, 15) is 35.1 Å². The minimum atomic E-state index is -1.73. The fourth-order valence-corrected chi connectivity index (χ4v) is 3.07. The predicted molar refractivity (Wildman–Crippen MR) is 107 cm³/mol. The molecule has 0 amide bonds. The van der Waals surface area contributed by atoms with Crippen LogP contribution in [0.4, 0.5) is 0 Å². The second-order valence-corrected chi connectivity index (χ2v) is 7.11. The molecular formula is C21H22O12. The molecule has 5 unspecified atom stereocenters. The normalized spacial score (nSPS) is 24.7. The highest BCUT2D eigenvalue weighted by Gasteiger charge is 2.45. The number of carboxylic acids is 1. The zero-order valence-corrected chi connectivity index (χ0v) is 17.2. The number of benzene rings is 2. The van der Waals surface area contributed by atoms with Crippen LogP contribution in [-0.4, -0.2) is 87.0 Å². The first-order valence-electron chi connectivity index (χ1n) is 9.59. The number of hydrogen-bond donors (Lipinski definition) is 6. The van der Waals surface area contributed by atoms with Crippen molar-refractivity contribution in [1.29, 1.82) is 0 Å². The molecule has 1 aliphatic heterocycles. The van der Waals surface area contributed by atoms with Crippen LogP contribution in [0.2, 0.25) is 0 Å². The molecule has 178 valence electrons. The summed E-state index contributed by atoms with van der Waals surface area (Å²) in [4.78, 5) is 23.3. The van der Waals surface area contributed by atoms with E-state index in [1.807, 2.05) is 0 Å². The number of ether oxygens (including phenoxy) is 4. The lowest BCUT2D eigenvalue weighted by atomic mass is 9.99. The van der Waals surface area contributed by atoms with Gasteiger partial charge in [-0.1, -0.05) is 0 Å². The Bertz CT molecular complexity index is 1020. The lowest BCUT2D eigenvalue weighted by molar-refractivity contribution is -0.277. The number of aromatic carboxylic acids is 1. The third kappa shape index (κ3) is 5.26. The van der Waals surface area contributed by atoms with Crippen molar-refractivity contribution < 1.29 is 59.2 Å². The molecular weight excluding hydrogens is 444 g/mol. The summed E-state index contributed by atoms with van der Waals surface area (Å²) in [5.41, 5.74) is -0.169. The number of rotatable bonds is 7. The van der Waals surface area contributed by atoms with Crippen molar-refractivity contribution in [3.8, 4) is 23.0 Å². The fourth-order valence-electron chi connectivity index (χ4n) is 3.07. The number of esters is 1. The second-order valence-electron chi connectivity index (χ2n) is 7.11. The molecule has 2 aromatic rings. The SMILES string of the molecule is COc1cc(C(=O)O)ccc1OC1OC(COC(=O)c2ccc(O)c(O)c2)C(O)C(O)C1O. The molecule has 1 fully saturated rings. The predicted octanol–water partition coefficient (Wildman–Crippen LogP) is -0.152. The van der Waals surface area contributed by atoms with E-state index in [1.165, 1.54) is 31.4 Å². The van der Waals surface area contributed by atoms with Gasteiger partial charge in [-0.25, -0.2) is 9.59 Å². The number of aliphatic hydroxyl groups excluding tert-OH is 3. The Hall–Kier alpha value is -3.58. The van der Waals surface area contributed by atoms with Crippen LogP contribution >= 0.6 is 0 Å². The van der Waals surface area contributed by atoms with Crippen LogP contribution in [0, 0.1) is 0 Å². The van der Waals surface area contributed by atoms with Crippen molar-refractivity contribution in [3.63, 3.8) is 0 Å². The van der Waals surface area contributed by atoms with Gasteiger partial charge in [-0.2, -0.15) is 0 Å². The third-order valence-corrected chi connectivity index (χ3v) is 4.91. The summed E-state index contributed by atoms with van der Waals surface area (Å²) in [5, 5.41) is 58.5. The van der Waals surface area contributed by atoms with Gasteiger partial charge in [0.25, 0.3) is 0 Å². The molecule has 33 heavy (non-hydrogen) atoms. The molecule has 6 N–H and O–H groups in total. The topological polar surface area (TPSA) is 192 Å². The van der Waals surface area contributed by atoms with Gasteiger partial charge in [0, 0.05) is 0 Å². The number of aromatic hydroxyl groups is 2. The van der Waals surface area contributed by atoms with Crippen LogP contribution in [0.15, 0.2) is 36.4 Å². The Labute approximate surface area is 186 Å². The van der Waals surface area contributed by atoms with Crippen LogP contribution in [0.25, 0.3) is 0 Å². The lowest BCUT2D eigenvalue weighted by Crippen LogP contribution is -2.60. The van der Waals surface area contributed by atoms with Crippen molar-refractivity contribution in [2.75, 3.05) is 13.7 Å². The van der Waals surface area contributed by atoms with E-state index in [0.717, 1.165) is 12.1 Å². The molecule has 1 saturated heterocycles. The van der Waals surface area contributed by atoms with Crippen LogP contribution in [0.1, 0.15) is 20.7 Å². The van der Waals surface area contributed by atoms with Gasteiger partial charge in [0.15, 0.2) is 23.0 Å². The van der Waals surface area contributed by atoms with Gasteiger partial charge in [-0.3, -0.25) is 0 Å². The van der Waals surface area contributed by atoms with Gasteiger partial charge < -0.3 is 49.6 Å². The van der Waals surface area contributed by atoms with E-state index < -0.39 is 60.8 Å². The van der Waals surface area contributed by atoms with E-state index in [-0.39, 0.29) is 22.6 Å². The summed E-state index contributed by atoms with van der Waals surface area (Å²) in [6, 6.07) is 6.95.